The number of hydrogen-bond acceptors (Lipinski definition) is 4. The molecule has 0 aromatic heterocycles. The summed E-state index contributed by atoms with van der Waals surface area (Å²) < 4.78 is 11.1. The molecular weight excluding hydrogens is 370 g/mol. The van der Waals surface area contributed by atoms with Crippen molar-refractivity contribution >= 4 is 17.6 Å². The van der Waals surface area contributed by atoms with E-state index in [9.17, 15) is 9.59 Å². The normalized spacial score (nSPS) is 15.5. The first-order valence-corrected chi connectivity index (χ1v) is 9.97. The third-order valence-electron chi connectivity index (χ3n) is 5.07. The van der Waals surface area contributed by atoms with Crippen LogP contribution in [0.5, 0.6) is 11.5 Å². The Kier molecular flexibility index (Phi) is 5.84. The molecule has 0 radical (unpaired) electrons. The molecule has 0 saturated carbocycles. The maximum atomic E-state index is 12.7. The standard InChI is InChI=1S/C22H25N3O4/c26-21(23-10-4-7-17-5-2-1-3-6-17)16-24-11-12-25(22(24)27)18-8-9-19-20(15-18)29-14-13-28-19/h1-3,5-6,8-9,15H,4,7,10-14,16H2,(H,23,26). The average Bonchev–Trinajstić information content (AvgIpc) is 3.11. The molecule has 152 valence electrons. The highest BCUT2D eigenvalue weighted by Crippen LogP contribution is 2.34. The second kappa shape index (κ2) is 8.86. The molecule has 2 aliphatic heterocycles. The van der Waals surface area contributed by atoms with Crippen molar-refractivity contribution in [3.8, 4) is 11.5 Å². The van der Waals surface area contributed by atoms with Gasteiger partial charge in [0, 0.05) is 31.4 Å². The Morgan fingerprint density at radius 3 is 2.62 bits per heavy atom. The lowest BCUT2D eigenvalue weighted by molar-refractivity contribution is -0.121. The Morgan fingerprint density at radius 2 is 1.79 bits per heavy atom. The van der Waals surface area contributed by atoms with E-state index in [1.807, 2.05) is 36.4 Å². The fourth-order valence-electron chi connectivity index (χ4n) is 3.56. The molecule has 2 aliphatic rings. The molecule has 4 rings (SSSR count). The minimum Gasteiger partial charge on any atom is -0.486 e. The third-order valence-corrected chi connectivity index (χ3v) is 5.07. The zero-order valence-electron chi connectivity index (χ0n) is 16.3. The van der Waals surface area contributed by atoms with Crippen LogP contribution in [0, 0.1) is 0 Å². The van der Waals surface area contributed by atoms with E-state index in [1.54, 1.807) is 9.80 Å². The van der Waals surface area contributed by atoms with Gasteiger partial charge in [0.2, 0.25) is 5.91 Å². The molecule has 0 spiro atoms. The predicted molar refractivity (Wildman–Crippen MR) is 110 cm³/mol. The van der Waals surface area contributed by atoms with Crippen LogP contribution in [0.15, 0.2) is 48.5 Å². The second-order valence-corrected chi connectivity index (χ2v) is 7.12. The van der Waals surface area contributed by atoms with Crippen LogP contribution in [0.25, 0.3) is 0 Å². The molecule has 1 N–H and O–H groups in total. The Bertz CT molecular complexity index is 872. The van der Waals surface area contributed by atoms with E-state index in [-0.39, 0.29) is 18.5 Å². The van der Waals surface area contributed by atoms with Gasteiger partial charge in [0.25, 0.3) is 0 Å². The van der Waals surface area contributed by atoms with E-state index in [0.717, 1.165) is 18.5 Å². The van der Waals surface area contributed by atoms with Crippen LogP contribution in [0.4, 0.5) is 10.5 Å². The monoisotopic (exact) mass is 395 g/mol. The zero-order chi connectivity index (χ0) is 20.1. The van der Waals surface area contributed by atoms with Crippen LogP contribution in [0.2, 0.25) is 0 Å². The van der Waals surface area contributed by atoms with Gasteiger partial charge in [-0.1, -0.05) is 30.3 Å². The van der Waals surface area contributed by atoms with Gasteiger partial charge in [-0.3, -0.25) is 9.69 Å². The van der Waals surface area contributed by atoms with Crippen LogP contribution < -0.4 is 19.7 Å². The number of amides is 3. The molecule has 0 atom stereocenters. The van der Waals surface area contributed by atoms with Crippen molar-refractivity contribution in [1.29, 1.82) is 0 Å². The van der Waals surface area contributed by atoms with E-state index in [1.165, 1.54) is 5.56 Å². The number of nitrogens with one attached hydrogen (secondary N) is 1. The molecule has 29 heavy (non-hydrogen) atoms. The summed E-state index contributed by atoms with van der Waals surface area (Å²) in [6, 6.07) is 15.5. The van der Waals surface area contributed by atoms with Crippen molar-refractivity contribution in [3.63, 3.8) is 0 Å². The lowest BCUT2D eigenvalue weighted by Crippen LogP contribution is -2.40. The Balaban J connectivity index is 1.25. The van der Waals surface area contributed by atoms with Crippen molar-refractivity contribution in [2.24, 2.45) is 0 Å². The quantitative estimate of drug-likeness (QED) is 0.731. The summed E-state index contributed by atoms with van der Waals surface area (Å²) in [4.78, 5) is 28.2. The van der Waals surface area contributed by atoms with Crippen LogP contribution in [0.3, 0.4) is 0 Å². The second-order valence-electron chi connectivity index (χ2n) is 7.12. The predicted octanol–water partition coefficient (Wildman–Crippen LogP) is 2.45. The van der Waals surface area contributed by atoms with Crippen molar-refractivity contribution < 1.29 is 19.1 Å². The first-order valence-electron chi connectivity index (χ1n) is 9.97. The maximum absolute atomic E-state index is 12.7. The van der Waals surface area contributed by atoms with Crippen LogP contribution >= 0.6 is 0 Å². The number of carbonyl (C=O) groups excluding carboxylic acids is 2. The number of hydrogen-bond donors (Lipinski definition) is 1. The van der Waals surface area contributed by atoms with E-state index in [0.29, 0.717) is 44.3 Å². The van der Waals surface area contributed by atoms with Crippen molar-refractivity contribution in [2.75, 3.05) is 44.3 Å². The molecule has 7 nitrogen and oxygen atoms in total. The number of benzene rings is 2. The summed E-state index contributed by atoms with van der Waals surface area (Å²) >= 11 is 0. The van der Waals surface area contributed by atoms with Crippen LogP contribution in [0.1, 0.15) is 12.0 Å². The number of rotatable bonds is 7. The lowest BCUT2D eigenvalue weighted by atomic mass is 10.1. The first-order chi connectivity index (χ1) is 14.2. The van der Waals surface area contributed by atoms with E-state index >= 15 is 0 Å². The summed E-state index contributed by atoms with van der Waals surface area (Å²) in [6.45, 7) is 2.77. The molecule has 7 heteroatoms. The Labute approximate surface area is 170 Å². The molecule has 2 heterocycles. The Hall–Kier alpha value is -3.22. The zero-order valence-corrected chi connectivity index (χ0v) is 16.3. The number of urea groups is 1. The first kappa shape index (κ1) is 19.1. The topological polar surface area (TPSA) is 71.1 Å². The van der Waals surface area contributed by atoms with Gasteiger partial charge in [0.05, 0.1) is 0 Å². The molecule has 1 fully saturated rings. The van der Waals surface area contributed by atoms with Gasteiger partial charge in [-0.05, 0) is 30.5 Å². The van der Waals surface area contributed by atoms with E-state index < -0.39 is 0 Å². The summed E-state index contributed by atoms with van der Waals surface area (Å²) in [7, 11) is 0. The smallest absolute Gasteiger partial charge is 0.325 e. The van der Waals surface area contributed by atoms with Gasteiger partial charge >= 0.3 is 6.03 Å². The van der Waals surface area contributed by atoms with Gasteiger partial charge < -0.3 is 19.7 Å². The minimum atomic E-state index is -0.166. The molecule has 0 bridgehead atoms. The summed E-state index contributed by atoms with van der Waals surface area (Å²) in [5, 5.41) is 2.91. The number of ether oxygens (including phenoxy) is 2. The van der Waals surface area contributed by atoms with Gasteiger partial charge in [0.1, 0.15) is 19.8 Å². The van der Waals surface area contributed by atoms with Crippen molar-refractivity contribution in [2.45, 2.75) is 12.8 Å². The maximum Gasteiger partial charge on any atom is 0.325 e. The largest absolute Gasteiger partial charge is 0.486 e. The summed E-state index contributed by atoms with van der Waals surface area (Å²) in [5.41, 5.74) is 2.01. The SMILES string of the molecule is O=C(CN1CCN(c2ccc3c(c2)OCCO3)C1=O)NCCCc1ccccc1. The molecular formula is C22H25N3O4. The number of anilines is 1. The van der Waals surface area contributed by atoms with Gasteiger partial charge in [-0.25, -0.2) is 4.79 Å². The fraction of sp³-hybridized carbons (Fsp3) is 0.364. The van der Waals surface area contributed by atoms with Gasteiger partial charge in [0.15, 0.2) is 11.5 Å². The average molecular weight is 395 g/mol. The van der Waals surface area contributed by atoms with Crippen molar-refractivity contribution in [1.82, 2.24) is 10.2 Å². The van der Waals surface area contributed by atoms with Crippen LogP contribution in [-0.4, -0.2) is 56.2 Å². The molecule has 3 amide bonds. The summed E-state index contributed by atoms with van der Waals surface area (Å²) in [6.07, 6.45) is 1.79. The highest BCUT2D eigenvalue weighted by Gasteiger charge is 2.31. The van der Waals surface area contributed by atoms with E-state index in [2.05, 4.69) is 17.4 Å². The van der Waals surface area contributed by atoms with Crippen LogP contribution in [-0.2, 0) is 11.2 Å². The molecule has 2 aromatic carbocycles. The molecule has 2 aromatic rings. The highest BCUT2D eigenvalue weighted by molar-refractivity contribution is 5.96. The number of fused-ring (bicyclic) bond motifs is 1. The molecule has 1 saturated heterocycles. The number of nitrogens with zero attached hydrogens (tertiary/aromatic N) is 2. The number of aryl methyl sites for hydroxylation is 1. The molecule has 0 aliphatic carbocycles. The Morgan fingerprint density at radius 1 is 1.00 bits per heavy atom. The third kappa shape index (κ3) is 4.62. The molecule has 0 unspecified atom stereocenters. The number of carbonyl (C=O) groups is 2. The van der Waals surface area contributed by atoms with Gasteiger partial charge in [-0.15, -0.1) is 0 Å². The van der Waals surface area contributed by atoms with E-state index in [4.69, 9.17) is 9.47 Å². The lowest BCUT2D eigenvalue weighted by Gasteiger charge is -2.22. The summed E-state index contributed by atoms with van der Waals surface area (Å²) in [5.74, 6) is 1.21. The highest BCUT2D eigenvalue weighted by atomic mass is 16.6. The minimum absolute atomic E-state index is 0.0746. The fourth-order valence-corrected chi connectivity index (χ4v) is 3.56. The van der Waals surface area contributed by atoms with Gasteiger partial charge in [-0.2, -0.15) is 0 Å². The van der Waals surface area contributed by atoms with Crippen molar-refractivity contribution in [3.05, 3.63) is 54.1 Å².